The van der Waals surface area contributed by atoms with E-state index in [0.29, 0.717) is 16.4 Å². The fourth-order valence-corrected chi connectivity index (χ4v) is 2.94. The van der Waals surface area contributed by atoms with Crippen LogP contribution in [-0.2, 0) is 4.79 Å². The highest BCUT2D eigenvalue weighted by molar-refractivity contribution is 6.40. The average Bonchev–Trinajstić information content (AvgIpc) is 2.55. The van der Waals surface area contributed by atoms with Crippen molar-refractivity contribution in [3.63, 3.8) is 0 Å². The normalized spacial score (nSPS) is 10.7. The molecule has 25 heavy (non-hydrogen) atoms. The predicted molar refractivity (Wildman–Crippen MR) is 95.1 cm³/mol. The van der Waals surface area contributed by atoms with Gasteiger partial charge >= 0.3 is 11.6 Å². The summed E-state index contributed by atoms with van der Waals surface area (Å²) in [5.41, 5.74) is -0.127. The molecule has 0 spiro atoms. The molecule has 0 aliphatic carbocycles. The molecule has 8 heteroatoms. The monoisotopic (exact) mass is 398 g/mol. The summed E-state index contributed by atoms with van der Waals surface area (Å²) in [7, 11) is 0. The first-order valence-electron chi connectivity index (χ1n) is 6.94. The summed E-state index contributed by atoms with van der Waals surface area (Å²) in [6.07, 6.45) is 0. The third-order valence-corrected chi connectivity index (χ3v) is 3.91. The molecule has 0 bridgehead atoms. The van der Waals surface area contributed by atoms with Gasteiger partial charge in [-0.1, -0.05) is 34.8 Å². The van der Waals surface area contributed by atoms with Crippen LogP contribution in [0.3, 0.4) is 0 Å². The Labute approximate surface area is 156 Å². The molecule has 0 unspecified atom stereocenters. The molecule has 3 rings (SSSR count). The SMILES string of the molecule is O=C(COc1ccc2ccc(=O)oc2c1)Oc1c(Cl)cc(Cl)cc1Cl. The van der Waals surface area contributed by atoms with Crippen molar-refractivity contribution in [2.45, 2.75) is 0 Å². The van der Waals surface area contributed by atoms with E-state index in [0.717, 1.165) is 5.39 Å². The fourth-order valence-electron chi connectivity index (χ4n) is 2.04. The van der Waals surface area contributed by atoms with E-state index in [1.807, 2.05) is 0 Å². The van der Waals surface area contributed by atoms with Crippen molar-refractivity contribution in [1.82, 2.24) is 0 Å². The summed E-state index contributed by atoms with van der Waals surface area (Å²) in [5, 5.41) is 1.27. The minimum absolute atomic E-state index is 0.00541. The predicted octanol–water partition coefficient (Wildman–Crippen LogP) is 4.74. The van der Waals surface area contributed by atoms with Crippen LogP contribution in [-0.4, -0.2) is 12.6 Å². The quantitative estimate of drug-likeness (QED) is 0.360. The van der Waals surface area contributed by atoms with Crippen LogP contribution >= 0.6 is 34.8 Å². The maximum absolute atomic E-state index is 11.9. The van der Waals surface area contributed by atoms with Crippen molar-refractivity contribution >= 4 is 51.7 Å². The summed E-state index contributed by atoms with van der Waals surface area (Å²) in [6.45, 7) is -0.391. The average molecular weight is 400 g/mol. The summed E-state index contributed by atoms with van der Waals surface area (Å²) in [4.78, 5) is 23.2. The highest BCUT2D eigenvalue weighted by Crippen LogP contribution is 2.35. The Hall–Kier alpha value is -2.21. The molecular weight excluding hydrogens is 391 g/mol. The Kier molecular flexibility index (Phi) is 5.18. The van der Waals surface area contributed by atoms with E-state index in [4.69, 9.17) is 48.7 Å². The minimum Gasteiger partial charge on any atom is -0.482 e. The van der Waals surface area contributed by atoms with Crippen LogP contribution in [0.5, 0.6) is 11.5 Å². The largest absolute Gasteiger partial charge is 0.482 e. The lowest BCUT2D eigenvalue weighted by molar-refractivity contribution is -0.136. The van der Waals surface area contributed by atoms with E-state index in [1.165, 1.54) is 24.3 Å². The lowest BCUT2D eigenvalue weighted by atomic mass is 10.2. The van der Waals surface area contributed by atoms with Gasteiger partial charge in [0.1, 0.15) is 11.3 Å². The smallest absolute Gasteiger partial charge is 0.349 e. The second-order valence-electron chi connectivity index (χ2n) is 4.92. The van der Waals surface area contributed by atoms with Gasteiger partial charge in [-0.25, -0.2) is 9.59 Å². The zero-order chi connectivity index (χ0) is 18.0. The fraction of sp³-hybridized carbons (Fsp3) is 0.0588. The standard InChI is InChI=1S/C17H9Cl3O5/c18-10-5-12(19)17(13(20)6-10)25-16(22)8-23-11-3-1-9-2-4-15(21)24-14(9)7-11/h1-7H,8H2. The molecule has 0 saturated heterocycles. The van der Waals surface area contributed by atoms with Gasteiger partial charge in [0.2, 0.25) is 0 Å². The van der Waals surface area contributed by atoms with Crippen LogP contribution < -0.4 is 15.1 Å². The molecule has 5 nitrogen and oxygen atoms in total. The number of carbonyl (C=O) groups excluding carboxylic acids is 1. The number of esters is 1. The molecule has 1 aromatic heterocycles. The molecule has 0 radical (unpaired) electrons. The molecule has 3 aromatic rings. The second kappa shape index (κ2) is 7.35. The molecule has 1 heterocycles. The van der Waals surface area contributed by atoms with Crippen molar-refractivity contribution < 1.29 is 18.7 Å². The van der Waals surface area contributed by atoms with E-state index < -0.39 is 18.2 Å². The van der Waals surface area contributed by atoms with Crippen molar-refractivity contribution in [2.24, 2.45) is 0 Å². The third kappa shape index (κ3) is 4.25. The number of halogens is 3. The van der Waals surface area contributed by atoms with Gasteiger partial charge in [0.15, 0.2) is 12.4 Å². The van der Waals surface area contributed by atoms with Crippen LogP contribution in [0, 0.1) is 0 Å². The highest BCUT2D eigenvalue weighted by atomic mass is 35.5. The highest BCUT2D eigenvalue weighted by Gasteiger charge is 2.14. The Morgan fingerprint density at radius 3 is 2.40 bits per heavy atom. The van der Waals surface area contributed by atoms with Crippen molar-refractivity contribution in [3.8, 4) is 11.5 Å². The molecule has 128 valence electrons. The number of fused-ring (bicyclic) bond motifs is 1. The Bertz CT molecular complexity index is 990. The van der Waals surface area contributed by atoms with Crippen molar-refractivity contribution in [1.29, 1.82) is 0 Å². The molecule has 0 fully saturated rings. The molecule has 0 saturated carbocycles. The summed E-state index contributed by atoms with van der Waals surface area (Å²) in [5.74, 6) is -0.362. The summed E-state index contributed by atoms with van der Waals surface area (Å²) >= 11 is 17.7. The lowest BCUT2D eigenvalue weighted by Crippen LogP contribution is -2.18. The zero-order valence-electron chi connectivity index (χ0n) is 12.4. The van der Waals surface area contributed by atoms with E-state index in [1.54, 1.807) is 18.2 Å². The van der Waals surface area contributed by atoms with Crippen molar-refractivity contribution in [3.05, 3.63) is 68.0 Å². The van der Waals surface area contributed by atoms with Crippen molar-refractivity contribution in [2.75, 3.05) is 6.61 Å². The van der Waals surface area contributed by atoms with E-state index in [-0.39, 0.29) is 15.8 Å². The summed E-state index contributed by atoms with van der Waals surface area (Å²) < 4.78 is 15.5. The Balaban J connectivity index is 1.69. The molecular formula is C17H9Cl3O5. The topological polar surface area (TPSA) is 65.7 Å². The van der Waals surface area contributed by atoms with E-state index in [9.17, 15) is 9.59 Å². The number of hydrogen-bond acceptors (Lipinski definition) is 5. The molecule has 0 N–H and O–H groups in total. The van der Waals surface area contributed by atoms with Gasteiger partial charge in [-0.15, -0.1) is 0 Å². The van der Waals surface area contributed by atoms with Crippen LogP contribution in [0.4, 0.5) is 0 Å². The Morgan fingerprint density at radius 2 is 1.68 bits per heavy atom. The Morgan fingerprint density at radius 1 is 1.00 bits per heavy atom. The molecule has 2 aromatic carbocycles. The van der Waals surface area contributed by atoms with Gasteiger partial charge in [0.25, 0.3) is 0 Å². The first-order chi connectivity index (χ1) is 11.9. The molecule has 0 aliphatic heterocycles. The molecule has 0 aliphatic rings. The second-order valence-corrected chi connectivity index (χ2v) is 6.17. The van der Waals surface area contributed by atoms with Gasteiger partial charge in [-0.05, 0) is 30.3 Å². The van der Waals surface area contributed by atoms with Gasteiger partial charge in [-0.3, -0.25) is 0 Å². The number of ether oxygens (including phenoxy) is 2. The minimum atomic E-state index is -0.708. The van der Waals surface area contributed by atoms with Crippen LogP contribution in [0.15, 0.2) is 51.7 Å². The maximum Gasteiger partial charge on any atom is 0.349 e. The van der Waals surface area contributed by atoms with E-state index >= 15 is 0 Å². The van der Waals surface area contributed by atoms with Crippen LogP contribution in [0.2, 0.25) is 15.1 Å². The lowest BCUT2D eigenvalue weighted by Gasteiger charge is -2.10. The van der Waals surface area contributed by atoms with Gasteiger partial charge in [-0.2, -0.15) is 0 Å². The molecule has 0 atom stereocenters. The number of rotatable bonds is 4. The maximum atomic E-state index is 11.9. The van der Waals surface area contributed by atoms with Gasteiger partial charge in [0.05, 0.1) is 10.0 Å². The van der Waals surface area contributed by atoms with Crippen LogP contribution in [0.1, 0.15) is 0 Å². The first-order valence-corrected chi connectivity index (χ1v) is 8.08. The number of hydrogen-bond donors (Lipinski definition) is 0. The van der Waals surface area contributed by atoms with E-state index in [2.05, 4.69) is 0 Å². The number of carbonyl (C=O) groups is 1. The van der Waals surface area contributed by atoms with Gasteiger partial charge in [0, 0.05) is 22.5 Å². The molecule has 0 amide bonds. The third-order valence-electron chi connectivity index (χ3n) is 3.13. The number of benzene rings is 2. The van der Waals surface area contributed by atoms with Crippen LogP contribution in [0.25, 0.3) is 11.0 Å². The zero-order valence-corrected chi connectivity index (χ0v) is 14.7. The summed E-state index contributed by atoms with van der Waals surface area (Å²) in [6, 6.07) is 10.6. The first kappa shape index (κ1) is 17.6. The van der Waals surface area contributed by atoms with Gasteiger partial charge < -0.3 is 13.9 Å².